The van der Waals surface area contributed by atoms with Gasteiger partial charge in [0, 0.05) is 19.3 Å². The van der Waals surface area contributed by atoms with Crippen LogP contribution in [0.2, 0.25) is 0 Å². The van der Waals surface area contributed by atoms with Crippen LogP contribution in [0.5, 0.6) is 0 Å². The normalized spacial score (nSPS) is 19.2. The number of carbonyl (C=O) groups excluding carboxylic acids is 1. The fraction of sp³-hybridized carbons (Fsp3) is 0.467. The highest BCUT2D eigenvalue weighted by molar-refractivity contribution is 5.78. The number of aromatic amines is 1. The van der Waals surface area contributed by atoms with Crippen LogP contribution >= 0.6 is 0 Å². The maximum Gasteiger partial charge on any atom is 0.248 e. The first-order chi connectivity index (χ1) is 9.93. The van der Waals surface area contributed by atoms with E-state index in [0.717, 1.165) is 16.6 Å². The number of amides is 1. The van der Waals surface area contributed by atoms with E-state index in [1.165, 1.54) is 0 Å². The summed E-state index contributed by atoms with van der Waals surface area (Å²) in [5.41, 5.74) is 2.74. The second kappa shape index (κ2) is 5.09. The average molecular weight is 293 g/mol. The van der Waals surface area contributed by atoms with E-state index in [1.807, 2.05) is 25.1 Å². The van der Waals surface area contributed by atoms with Gasteiger partial charge in [-0.2, -0.15) is 0 Å². The number of fused-ring (bicyclic) bond motifs is 1. The lowest BCUT2D eigenvalue weighted by molar-refractivity contribution is -0.134. The number of hydrogen-bond acceptors (Lipinski definition) is 2. The quantitative estimate of drug-likeness (QED) is 0.909. The number of H-pyrrole nitrogens is 1. The van der Waals surface area contributed by atoms with Gasteiger partial charge in [0.2, 0.25) is 11.8 Å². The van der Waals surface area contributed by atoms with Gasteiger partial charge in [0.15, 0.2) is 0 Å². The molecule has 1 amide bonds. The van der Waals surface area contributed by atoms with Gasteiger partial charge in [-0.1, -0.05) is 6.07 Å². The largest absolute Gasteiger partial charge is 0.350 e. The van der Waals surface area contributed by atoms with E-state index in [0.29, 0.717) is 0 Å². The Morgan fingerprint density at radius 1 is 1.52 bits per heavy atom. The first-order valence-electron chi connectivity index (χ1n) is 7.03. The van der Waals surface area contributed by atoms with Crippen LogP contribution < -0.4 is 5.32 Å². The fourth-order valence-corrected chi connectivity index (χ4v) is 2.80. The van der Waals surface area contributed by atoms with Crippen LogP contribution in [0.15, 0.2) is 24.5 Å². The minimum atomic E-state index is -2.57. The van der Waals surface area contributed by atoms with Gasteiger partial charge >= 0.3 is 0 Å². The minimum Gasteiger partial charge on any atom is -0.350 e. The molecule has 1 heterocycles. The summed E-state index contributed by atoms with van der Waals surface area (Å²) in [7, 11) is 0. The zero-order chi connectivity index (χ0) is 15.0. The predicted molar refractivity (Wildman–Crippen MR) is 74.9 cm³/mol. The maximum absolute atomic E-state index is 12.7. The number of benzene rings is 1. The number of alkyl halides is 2. The molecule has 112 valence electrons. The van der Waals surface area contributed by atoms with Gasteiger partial charge in [0.1, 0.15) is 0 Å². The zero-order valence-electron chi connectivity index (χ0n) is 11.7. The molecule has 1 saturated carbocycles. The van der Waals surface area contributed by atoms with E-state index < -0.39 is 5.92 Å². The molecule has 1 atom stereocenters. The number of halogens is 2. The molecule has 1 aliphatic rings. The maximum atomic E-state index is 12.7. The smallest absolute Gasteiger partial charge is 0.248 e. The first kappa shape index (κ1) is 14.0. The molecule has 1 fully saturated rings. The molecule has 2 aromatic rings. The van der Waals surface area contributed by atoms with E-state index in [-0.39, 0.29) is 37.1 Å². The van der Waals surface area contributed by atoms with Gasteiger partial charge in [-0.05, 0) is 30.5 Å². The lowest BCUT2D eigenvalue weighted by Crippen LogP contribution is -2.39. The number of imidazole rings is 1. The van der Waals surface area contributed by atoms with Crippen LogP contribution in [0.3, 0.4) is 0 Å². The molecule has 0 bridgehead atoms. The molecule has 6 heteroatoms. The monoisotopic (exact) mass is 293 g/mol. The lowest BCUT2D eigenvalue weighted by atomic mass is 9.79. The summed E-state index contributed by atoms with van der Waals surface area (Å²) in [6.45, 7) is 1.88. The Morgan fingerprint density at radius 2 is 2.29 bits per heavy atom. The Balaban J connectivity index is 1.57. The molecule has 21 heavy (non-hydrogen) atoms. The van der Waals surface area contributed by atoms with Crippen LogP contribution in [0, 0.1) is 5.92 Å². The molecule has 0 aliphatic heterocycles. The van der Waals surface area contributed by atoms with Crippen molar-refractivity contribution in [1.82, 2.24) is 15.3 Å². The molecule has 0 spiro atoms. The Bertz CT molecular complexity index is 660. The van der Waals surface area contributed by atoms with E-state index in [9.17, 15) is 13.6 Å². The molecule has 1 aromatic carbocycles. The third-order valence-electron chi connectivity index (χ3n) is 3.97. The molecule has 0 radical (unpaired) electrons. The summed E-state index contributed by atoms with van der Waals surface area (Å²) >= 11 is 0. The van der Waals surface area contributed by atoms with E-state index in [1.54, 1.807) is 6.33 Å². The van der Waals surface area contributed by atoms with E-state index >= 15 is 0 Å². The highest BCUT2D eigenvalue weighted by atomic mass is 19.3. The molecule has 4 nitrogen and oxygen atoms in total. The van der Waals surface area contributed by atoms with Crippen LogP contribution in [0.4, 0.5) is 8.78 Å². The average Bonchev–Trinajstić information content (AvgIpc) is 2.83. The van der Waals surface area contributed by atoms with Crippen molar-refractivity contribution in [2.45, 2.75) is 38.2 Å². The number of aromatic nitrogens is 2. The van der Waals surface area contributed by atoms with Crippen molar-refractivity contribution >= 4 is 16.9 Å². The summed E-state index contributed by atoms with van der Waals surface area (Å²) < 4.78 is 25.5. The third kappa shape index (κ3) is 3.04. The molecule has 2 N–H and O–H groups in total. The van der Waals surface area contributed by atoms with Gasteiger partial charge in [0.25, 0.3) is 0 Å². The fourth-order valence-electron chi connectivity index (χ4n) is 2.80. The van der Waals surface area contributed by atoms with E-state index in [4.69, 9.17) is 0 Å². The van der Waals surface area contributed by atoms with Gasteiger partial charge in [-0.25, -0.2) is 13.8 Å². The summed E-state index contributed by atoms with van der Waals surface area (Å²) in [5, 5.41) is 2.86. The topological polar surface area (TPSA) is 57.8 Å². The van der Waals surface area contributed by atoms with Crippen LogP contribution in [-0.2, 0) is 4.79 Å². The van der Waals surface area contributed by atoms with Gasteiger partial charge in [0.05, 0.1) is 23.4 Å². The lowest BCUT2D eigenvalue weighted by Gasteiger charge is -2.34. The number of nitrogens with zero attached hydrogens (tertiary/aromatic N) is 1. The van der Waals surface area contributed by atoms with Crippen molar-refractivity contribution in [3.63, 3.8) is 0 Å². The second-order valence-electron chi connectivity index (χ2n) is 5.80. The van der Waals surface area contributed by atoms with Crippen LogP contribution in [0.25, 0.3) is 11.0 Å². The SMILES string of the molecule is C[C@@H](NC(=O)CC1CC(F)(F)C1)c1ccc2nc[nH]c2c1. The van der Waals surface area contributed by atoms with Crippen molar-refractivity contribution < 1.29 is 13.6 Å². The Labute approximate surface area is 120 Å². The Kier molecular flexibility index (Phi) is 3.39. The summed E-state index contributed by atoms with van der Waals surface area (Å²) in [6.07, 6.45) is 1.45. The molecule has 1 aliphatic carbocycles. The van der Waals surface area contributed by atoms with Crippen molar-refractivity contribution in [2.75, 3.05) is 0 Å². The highest BCUT2D eigenvalue weighted by Crippen LogP contribution is 2.44. The summed E-state index contributed by atoms with van der Waals surface area (Å²) in [5.74, 6) is -2.93. The molecular weight excluding hydrogens is 276 g/mol. The first-order valence-corrected chi connectivity index (χ1v) is 7.03. The van der Waals surface area contributed by atoms with E-state index in [2.05, 4.69) is 15.3 Å². The van der Waals surface area contributed by atoms with Crippen molar-refractivity contribution in [2.24, 2.45) is 5.92 Å². The number of nitrogens with one attached hydrogen (secondary N) is 2. The van der Waals surface area contributed by atoms with Crippen molar-refractivity contribution in [3.8, 4) is 0 Å². The zero-order valence-corrected chi connectivity index (χ0v) is 11.7. The van der Waals surface area contributed by atoms with Crippen molar-refractivity contribution in [1.29, 1.82) is 0 Å². The Hall–Kier alpha value is -1.98. The third-order valence-corrected chi connectivity index (χ3v) is 3.97. The summed E-state index contributed by atoms with van der Waals surface area (Å²) in [4.78, 5) is 19.0. The van der Waals surface area contributed by atoms with Crippen molar-refractivity contribution in [3.05, 3.63) is 30.1 Å². The number of rotatable bonds is 4. The standard InChI is InChI=1S/C15H17F2N3O/c1-9(11-2-3-12-13(5-11)19-8-18-12)20-14(21)4-10-6-15(16,17)7-10/h2-3,5,8-10H,4,6-7H2,1H3,(H,18,19)(H,20,21)/t9-/m1/s1. The highest BCUT2D eigenvalue weighted by Gasteiger charge is 2.45. The molecular formula is C15H17F2N3O. The molecule has 1 aromatic heterocycles. The number of carbonyl (C=O) groups is 1. The predicted octanol–water partition coefficient (Wildman–Crippen LogP) is 3.18. The summed E-state index contributed by atoms with van der Waals surface area (Å²) in [6, 6.07) is 5.57. The minimum absolute atomic E-state index is 0.161. The second-order valence-corrected chi connectivity index (χ2v) is 5.80. The van der Waals surface area contributed by atoms with Gasteiger partial charge < -0.3 is 10.3 Å². The van der Waals surface area contributed by atoms with Gasteiger partial charge in [-0.15, -0.1) is 0 Å². The van der Waals surface area contributed by atoms with Crippen LogP contribution in [-0.4, -0.2) is 21.8 Å². The number of hydrogen-bond donors (Lipinski definition) is 2. The van der Waals surface area contributed by atoms with Gasteiger partial charge in [-0.3, -0.25) is 4.79 Å². The molecule has 0 saturated heterocycles. The van der Waals surface area contributed by atoms with Crippen LogP contribution in [0.1, 0.15) is 37.8 Å². The molecule has 0 unspecified atom stereocenters. The Morgan fingerprint density at radius 3 is 3.00 bits per heavy atom. The molecule has 3 rings (SSSR count).